The first-order chi connectivity index (χ1) is 13.2. The number of hydrogen-bond acceptors (Lipinski definition) is 5. The van der Waals surface area contributed by atoms with Gasteiger partial charge in [0.1, 0.15) is 5.60 Å². The van der Waals surface area contributed by atoms with Crippen molar-refractivity contribution in [2.45, 2.75) is 85.7 Å². The Labute approximate surface area is 175 Å². The van der Waals surface area contributed by atoms with Crippen molar-refractivity contribution in [3.8, 4) is 0 Å². The molecule has 0 atom stereocenters. The molecular formula is C21H36BN3O4. The zero-order chi connectivity index (χ0) is 22.0. The van der Waals surface area contributed by atoms with Crippen LogP contribution in [-0.2, 0) is 20.6 Å². The molecule has 1 aromatic rings. The third kappa shape index (κ3) is 6.61. The summed E-state index contributed by atoms with van der Waals surface area (Å²) in [6.07, 6.45) is 5.28. The molecule has 0 saturated carbocycles. The van der Waals surface area contributed by atoms with Gasteiger partial charge in [-0.2, -0.15) is 5.10 Å². The molecule has 2 heterocycles. The fourth-order valence-corrected chi connectivity index (χ4v) is 2.83. The number of alkyl carbamates (subject to hydrolysis) is 1. The van der Waals surface area contributed by atoms with Gasteiger partial charge in [-0.3, -0.25) is 4.68 Å². The standard InChI is InChI=1S/C21H36BN3O4/c1-15(2)13-25-14-16(11-24-25)10-17(12-23-18(26)27-19(3,4)5)22-28-20(6,7)21(8,9)29-22/h10-11,14-15H,12-13H2,1-9H3,(H,23,26). The molecule has 1 N–H and O–H groups in total. The van der Waals surface area contributed by atoms with Crippen LogP contribution in [0.1, 0.15) is 67.9 Å². The molecule has 1 fully saturated rings. The van der Waals surface area contributed by atoms with Crippen molar-refractivity contribution in [1.82, 2.24) is 15.1 Å². The van der Waals surface area contributed by atoms with Crippen LogP contribution in [0.4, 0.5) is 4.79 Å². The number of hydrogen-bond donors (Lipinski definition) is 1. The molecule has 162 valence electrons. The van der Waals surface area contributed by atoms with Crippen molar-refractivity contribution < 1.29 is 18.8 Å². The lowest BCUT2D eigenvalue weighted by molar-refractivity contribution is 0.00578. The Balaban J connectivity index is 2.21. The van der Waals surface area contributed by atoms with Gasteiger partial charge in [-0.1, -0.05) is 19.9 Å². The van der Waals surface area contributed by atoms with Crippen LogP contribution in [0.25, 0.3) is 6.08 Å². The highest BCUT2D eigenvalue weighted by molar-refractivity contribution is 6.56. The van der Waals surface area contributed by atoms with Crippen LogP contribution in [0.3, 0.4) is 0 Å². The van der Waals surface area contributed by atoms with E-state index in [2.05, 4.69) is 24.3 Å². The molecule has 1 aliphatic rings. The van der Waals surface area contributed by atoms with Gasteiger partial charge in [-0.05, 0) is 59.9 Å². The molecule has 0 aromatic carbocycles. The van der Waals surface area contributed by atoms with E-state index in [9.17, 15) is 4.79 Å². The Morgan fingerprint density at radius 2 is 1.86 bits per heavy atom. The lowest BCUT2D eigenvalue weighted by Crippen LogP contribution is -2.41. The Morgan fingerprint density at radius 3 is 2.38 bits per heavy atom. The number of carbonyl (C=O) groups is 1. The molecule has 1 saturated heterocycles. The Bertz CT molecular complexity index is 731. The molecule has 0 aliphatic carbocycles. The average molecular weight is 405 g/mol. The summed E-state index contributed by atoms with van der Waals surface area (Å²) in [6.45, 7) is 18.9. The summed E-state index contributed by atoms with van der Waals surface area (Å²) in [5.74, 6) is 0.503. The van der Waals surface area contributed by atoms with E-state index in [1.807, 2.05) is 65.4 Å². The maximum absolute atomic E-state index is 12.2. The maximum Gasteiger partial charge on any atom is 0.492 e. The summed E-state index contributed by atoms with van der Waals surface area (Å²) in [5.41, 5.74) is 0.241. The minimum atomic E-state index is -0.566. The predicted molar refractivity (Wildman–Crippen MR) is 115 cm³/mol. The minimum absolute atomic E-state index is 0.251. The highest BCUT2D eigenvalue weighted by atomic mass is 16.7. The van der Waals surface area contributed by atoms with Gasteiger partial charge in [0, 0.05) is 24.8 Å². The van der Waals surface area contributed by atoms with Crippen LogP contribution in [0.15, 0.2) is 17.9 Å². The van der Waals surface area contributed by atoms with Crippen molar-refractivity contribution in [1.29, 1.82) is 0 Å². The lowest BCUT2D eigenvalue weighted by Gasteiger charge is -2.32. The number of aromatic nitrogens is 2. The number of ether oxygens (including phenoxy) is 1. The van der Waals surface area contributed by atoms with Crippen molar-refractivity contribution in [3.63, 3.8) is 0 Å². The summed E-state index contributed by atoms with van der Waals surface area (Å²) < 4.78 is 19.7. The summed E-state index contributed by atoms with van der Waals surface area (Å²) in [6, 6.07) is 0. The van der Waals surface area contributed by atoms with Gasteiger partial charge in [0.15, 0.2) is 0 Å². The zero-order valence-corrected chi connectivity index (χ0v) is 19.3. The van der Waals surface area contributed by atoms with E-state index in [0.29, 0.717) is 5.92 Å². The quantitative estimate of drug-likeness (QED) is 0.722. The fraction of sp³-hybridized carbons (Fsp3) is 0.714. The van der Waals surface area contributed by atoms with Crippen LogP contribution in [0.5, 0.6) is 0 Å². The van der Waals surface area contributed by atoms with Crippen molar-refractivity contribution in [3.05, 3.63) is 23.4 Å². The lowest BCUT2D eigenvalue weighted by atomic mass is 9.77. The van der Waals surface area contributed by atoms with Crippen LogP contribution in [0, 0.1) is 5.92 Å². The van der Waals surface area contributed by atoms with Crippen LogP contribution in [0.2, 0.25) is 0 Å². The van der Waals surface area contributed by atoms with E-state index in [0.717, 1.165) is 17.6 Å². The Morgan fingerprint density at radius 1 is 1.28 bits per heavy atom. The fourth-order valence-electron chi connectivity index (χ4n) is 2.83. The van der Waals surface area contributed by atoms with E-state index in [1.165, 1.54) is 0 Å². The molecule has 1 aromatic heterocycles. The van der Waals surface area contributed by atoms with Gasteiger partial charge in [0.05, 0.1) is 17.4 Å². The number of carbonyl (C=O) groups excluding carboxylic acids is 1. The molecule has 0 spiro atoms. The van der Waals surface area contributed by atoms with E-state index < -0.39 is 30.0 Å². The highest BCUT2D eigenvalue weighted by Gasteiger charge is 2.52. The van der Waals surface area contributed by atoms with Crippen LogP contribution < -0.4 is 5.32 Å². The van der Waals surface area contributed by atoms with Gasteiger partial charge in [-0.25, -0.2) is 4.79 Å². The minimum Gasteiger partial charge on any atom is -0.444 e. The third-order valence-corrected chi connectivity index (χ3v) is 4.95. The third-order valence-electron chi connectivity index (χ3n) is 4.95. The molecule has 1 amide bonds. The molecular weight excluding hydrogens is 369 g/mol. The average Bonchev–Trinajstić information content (AvgIpc) is 3.02. The largest absolute Gasteiger partial charge is 0.492 e. The maximum atomic E-state index is 12.2. The highest BCUT2D eigenvalue weighted by Crippen LogP contribution is 2.38. The van der Waals surface area contributed by atoms with Crippen molar-refractivity contribution >= 4 is 19.3 Å². The SMILES string of the molecule is CC(C)Cn1cc(C=C(CNC(=O)OC(C)(C)C)B2OC(C)(C)C(C)(C)O2)cn1. The van der Waals surface area contributed by atoms with Crippen molar-refractivity contribution in [2.24, 2.45) is 5.92 Å². The smallest absolute Gasteiger partial charge is 0.444 e. The molecule has 1 aliphatic heterocycles. The van der Waals surface area contributed by atoms with Gasteiger partial charge in [-0.15, -0.1) is 0 Å². The predicted octanol–water partition coefficient (Wildman–Crippen LogP) is 4.08. The topological polar surface area (TPSA) is 74.6 Å². The van der Waals surface area contributed by atoms with Crippen LogP contribution in [-0.4, -0.2) is 46.3 Å². The summed E-state index contributed by atoms with van der Waals surface area (Å²) in [5, 5.41) is 7.23. The first kappa shape index (κ1) is 23.5. The Hall–Kier alpha value is -1.80. The molecule has 0 bridgehead atoms. The summed E-state index contributed by atoms with van der Waals surface area (Å²) in [7, 11) is -0.566. The van der Waals surface area contributed by atoms with E-state index in [4.69, 9.17) is 14.0 Å². The van der Waals surface area contributed by atoms with Gasteiger partial charge in [0.2, 0.25) is 0 Å². The van der Waals surface area contributed by atoms with E-state index in [-0.39, 0.29) is 6.54 Å². The van der Waals surface area contributed by atoms with Gasteiger partial charge < -0.3 is 19.4 Å². The molecule has 0 unspecified atom stereocenters. The number of amides is 1. The number of nitrogens with one attached hydrogen (secondary N) is 1. The molecule has 0 radical (unpaired) electrons. The second-order valence-corrected chi connectivity index (χ2v) is 10.1. The molecule has 2 rings (SSSR count). The summed E-state index contributed by atoms with van der Waals surface area (Å²) in [4.78, 5) is 12.2. The molecule has 8 heteroatoms. The van der Waals surface area contributed by atoms with E-state index >= 15 is 0 Å². The van der Waals surface area contributed by atoms with Gasteiger partial charge >= 0.3 is 13.2 Å². The van der Waals surface area contributed by atoms with Crippen molar-refractivity contribution in [2.75, 3.05) is 6.54 Å². The normalized spacial score (nSPS) is 19.0. The second kappa shape index (κ2) is 8.52. The first-order valence-electron chi connectivity index (χ1n) is 10.2. The monoisotopic (exact) mass is 405 g/mol. The number of nitrogens with zero attached hydrogens (tertiary/aromatic N) is 2. The second-order valence-electron chi connectivity index (χ2n) is 10.1. The number of rotatable bonds is 6. The molecule has 29 heavy (non-hydrogen) atoms. The zero-order valence-electron chi connectivity index (χ0n) is 19.3. The van der Waals surface area contributed by atoms with Gasteiger partial charge in [0.25, 0.3) is 0 Å². The van der Waals surface area contributed by atoms with Crippen LogP contribution >= 0.6 is 0 Å². The summed E-state index contributed by atoms with van der Waals surface area (Å²) >= 11 is 0. The van der Waals surface area contributed by atoms with E-state index in [1.54, 1.807) is 6.20 Å². The molecule has 7 nitrogen and oxygen atoms in total. The first-order valence-corrected chi connectivity index (χ1v) is 10.2. The Kier molecular flexibility index (Phi) is 6.90.